The monoisotopic (exact) mass is 286 g/mol. The summed E-state index contributed by atoms with van der Waals surface area (Å²) in [4.78, 5) is 4.44. The van der Waals surface area contributed by atoms with Gasteiger partial charge in [0.1, 0.15) is 11.5 Å². The molecule has 3 rings (SSSR count). The fourth-order valence-corrected chi connectivity index (χ4v) is 2.76. The molecule has 0 fully saturated rings. The van der Waals surface area contributed by atoms with Crippen molar-refractivity contribution in [2.45, 2.75) is 6.54 Å². The van der Waals surface area contributed by atoms with Crippen LogP contribution in [-0.2, 0) is 6.54 Å². The molecule has 0 aliphatic carbocycles. The van der Waals surface area contributed by atoms with Crippen LogP contribution in [0.3, 0.4) is 0 Å². The molecule has 0 radical (unpaired) electrons. The minimum atomic E-state index is 0.438. The Bertz CT molecular complexity index is 684. The van der Waals surface area contributed by atoms with Crippen LogP contribution in [0.25, 0.3) is 10.2 Å². The molecule has 0 atom stereocenters. The fourth-order valence-electron chi connectivity index (χ4n) is 1.92. The van der Waals surface area contributed by atoms with Gasteiger partial charge in [0, 0.05) is 12.6 Å². The van der Waals surface area contributed by atoms with Gasteiger partial charge in [-0.1, -0.05) is 23.5 Å². The summed E-state index contributed by atoms with van der Waals surface area (Å²) >= 11 is 1.51. The van der Waals surface area contributed by atoms with Crippen LogP contribution in [0.5, 0.6) is 16.7 Å². The van der Waals surface area contributed by atoms with Crippen molar-refractivity contribution in [3.05, 3.63) is 48.0 Å². The average molecular weight is 286 g/mol. The van der Waals surface area contributed by atoms with Gasteiger partial charge >= 0.3 is 0 Å². The van der Waals surface area contributed by atoms with E-state index >= 15 is 0 Å². The number of fused-ring (bicyclic) bond motifs is 1. The SMILES string of the molecule is COc1cc(CN)cc(Oc2nc3ccccc3s2)c1. The molecule has 0 saturated heterocycles. The fraction of sp³-hybridized carbons (Fsp3) is 0.133. The van der Waals surface area contributed by atoms with Gasteiger partial charge < -0.3 is 15.2 Å². The van der Waals surface area contributed by atoms with Gasteiger partial charge in [0.25, 0.3) is 5.19 Å². The zero-order chi connectivity index (χ0) is 13.9. The van der Waals surface area contributed by atoms with Crippen LogP contribution in [0, 0.1) is 0 Å². The summed E-state index contributed by atoms with van der Waals surface area (Å²) in [6, 6.07) is 13.6. The standard InChI is InChI=1S/C15H14N2O2S/c1-18-11-6-10(9-16)7-12(8-11)19-15-17-13-4-2-3-5-14(13)20-15/h2-8H,9,16H2,1H3. The first-order valence-corrected chi connectivity index (χ1v) is 7.01. The zero-order valence-corrected chi connectivity index (χ0v) is 11.8. The van der Waals surface area contributed by atoms with Crippen molar-refractivity contribution in [1.82, 2.24) is 4.98 Å². The van der Waals surface area contributed by atoms with Crippen LogP contribution >= 0.6 is 11.3 Å². The molecule has 102 valence electrons. The number of rotatable bonds is 4. The van der Waals surface area contributed by atoms with E-state index in [4.69, 9.17) is 15.2 Å². The first-order valence-electron chi connectivity index (χ1n) is 6.20. The minimum absolute atomic E-state index is 0.438. The van der Waals surface area contributed by atoms with Gasteiger partial charge in [0.05, 0.1) is 17.3 Å². The number of methoxy groups -OCH3 is 1. The van der Waals surface area contributed by atoms with Crippen molar-refractivity contribution < 1.29 is 9.47 Å². The van der Waals surface area contributed by atoms with Crippen molar-refractivity contribution in [2.75, 3.05) is 7.11 Å². The van der Waals surface area contributed by atoms with E-state index < -0.39 is 0 Å². The predicted octanol–water partition coefficient (Wildman–Crippen LogP) is 3.56. The molecule has 3 aromatic rings. The van der Waals surface area contributed by atoms with E-state index in [0.717, 1.165) is 21.5 Å². The highest BCUT2D eigenvalue weighted by Crippen LogP contribution is 2.32. The molecule has 0 bridgehead atoms. The number of hydrogen-bond donors (Lipinski definition) is 1. The first kappa shape index (κ1) is 12.9. The molecule has 1 heterocycles. The molecule has 0 aliphatic rings. The molecule has 0 amide bonds. The summed E-state index contributed by atoms with van der Waals surface area (Å²) in [5.41, 5.74) is 7.57. The molecule has 20 heavy (non-hydrogen) atoms. The molecule has 2 N–H and O–H groups in total. The molecular weight excluding hydrogens is 272 g/mol. The normalized spacial score (nSPS) is 10.7. The maximum absolute atomic E-state index is 5.82. The van der Waals surface area contributed by atoms with Crippen LogP contribution in [0.1, 0.15) is 5.56 Å². The molecule has 0 saturated carbocycles. The summed E-state index contributed by atoms with van der Waals surface area (Å²) in [6.07, 6.45) is 0. The van der Waals surface area contributed by atoms with Gasteiger partial charge in [0.15, 0.2) is 0 Å². The number of nitrogens with zero attached hydrogens (tertiary/aromatic N) is 1. The lowest BCUT2D eigenvalue weighted by Crippen LogP contribution is -1.97. The van der Waals surface area contributed by atoms with E-state index in [9.17, 15) is 0 Å². The largest absolute Gasteiger partial charge is 0.497 e. The van der Waals surface area contributed by atoms with Crippen molar-refractivity contribution in [1.29, 1.82) is 0 Å². The third-order valence-electron chi connectivity index (χ3n) is 2.89. The van der Waals surface area contributed by atoms with E-state index in [1.165, 1.54) is 11.3 Å². The Labute approximate surface area is 120 Å². The Kier molecular flexibility index (Phi) is 3.54. The van der Waals surface area contributed by atoms with E-state index in [1.54, 1.807) is 7.11 Å². The average Bonchev–Trinajstić information content (AvgIpc) is 2.88. The number of nitrogens with two attached hydrogens (primary N) is 1. The Morgan fingerprint density at radius 3 is 2.70 bits per heavy atom. The second-order valence-electron chi connectivity index (χ2n) is 4.27. The number of benzene rings is 2. The van der Waals surface area contributed by atoms with Gasteiger partial charge in [-0.05, 0) is 29.8 Å². The lowest BCUT2D eigenvalue weighted by Gasteiger charge is -2.07. The Morgan fingerprint density at radius 2 is 1.95 bits per heavy atom. The number of thiazole rings is 1. The van der Waals surface area contributed by atoms with Gasteiger partial charge in [-0.2, -0.15) is 0 Å². The maximum Gasteiger partial charge on any atom is 0.279 e. The third kappa shape index (κ3) is 2.59. The Balaban J connectivity index is 1.93. The van der Waals surface area contributed by atoms with Gasteiger partial charge in [0.2, 0.25) is 0 Å². The lowest BCUT2D eigenvalue weighted by atomic mass is 10.2. The number of ether oxygens (including phenoxy) is 2. The van der Waals surface area contributed by atoms with Gasteiger partial charge in [-0.25, -0.2) is 4.98 Å². The number of aromatic nitrogens is 1. The lowest BCUT2D eigenvalue weighted by molar-refractivity contribution is 0.408. The highest BCUT2D eigenvalue weighted by Gasteiger charge is 2.07. The molecule has 0 aliphatic heterocycles. The molecule has 1 aromatic heterocycles. The highest BCUT2D eigenvalue weighted by atomic mass is 32.1. The summed E-state index contributed by atoms with van der Waals surface area (Å²) in [5.74, 6) is 1.41. The van der Waals surface area contributed by atoms with Crippen molar-refractivity contribution in [3.63, 3.8) is 0 Å². The molecular formula is C15H14N2O2S. The van der Waals surface area contributed by atoms with Crippen LogP contribution in [0.2, 0.25) is 0 Å². The van der Waals surface area contributed by atoms with Crippen LogP contribution in [0.4, 0.5) is 0 Å². The van der Waals surface area contributed by atoms with Crippen molar-refractivity contribution >= 4 is 21.6 Å². The van der Waals surface area contributed by atoms with Crippen molar-refractivity contribution in [3.8, 4) is 16.7 Å². The molecule has 4 nitrogen and oxygen atoms in total. The topological polar surface area (TPSA) is 57.4 Å². The Hall–Kier alpha value is -2.11. The smallest absolute Gasteiger partial charge is 0.279 e. The highest BCUT2D eigenvalue weighted by molar-refractivity contribution is 7.20. The Morgan fingerprint density at radius 1 is 1.15 bits per heavy atom. The molecule has 0 unspecified atom stereocenters. The summed E-state index contributed by atoms with van der Waals surface area (Å²) in [5, 5.41) is 0.613. The second-order valence-corrected chi connectivity index (χ2v) is 5.26. The van der Waals surface area contributed by atoms with E-state index in [2.05, 4.69) is 4.98 Å². The summed E-state index contributed by atoms with van der Waals surface area (Å²) in [6.45, 7) is 0.438. The maximum atomic E-state index is 5.82. The number of para-hydroxylation sites is 1. The predicted molar refractivity (Wildman–Crippen MR) is 80.6 cm³/mol. The zero-order valence-electron chi connectivity index (χ0n) is 11.0. The van der Waals surface area contributed by atoms with Crippen LogP contribution in [0.15, 0.2) is 42.5 Å². The molecule has 5 heteroatoms. The van der Waals surface area contributed by atoms with E-state index in [-0.39, 0.29) is 0 Å². The third-order valence-corrected chi connectivity index (χ3v) is 3.81. The van der Waals surface area contributed by atoms with E-state index in [0.29, 0.717) is 17.5 Å². The molecule has 0 spiro atoms. The van der Waals surface area contributed by atoms with Crippen LogP contribution < -0.4 is 15.2 Å². The quantitative estimate of drug-likeness (QED) is 0.796. The van der Waals surface area contributed by atoms with Crippen molar-refractivity contribution in [2.24, 2.45) is 5.73 Å². The van der Waals surface area contributed by atoms with Gasteiger partial charge in [-0.15, -0.1) is 0 Å². The first-order chi connectivity index (χ1) is 9.78. The van der Waals surface area contributed by atoms with Gasteiger partial charge in [-0.3, -0.25) is 0 Å². The van der Waals surface area contributed by atoms with Crippen LogP contribution in [-0.4, -0.2) is 12.1 Å². The van der Waals surface area contributed by atoms with E-state index in [1.807, 2.05) is 42.5 Å². The molecule has 2 aromatic carbocycles. The minimum Gasteiger partial charge on any atom is -0.497 e. The summed E-state index contributed by atoms with van der Waals surface area (Å²) < 4.78 is 12.2. The number of hydrogen-bond acceptors (Lipinski definition) is 5. The summed E-state index contributed by atoms with van der Waals surface area (Å²) in [7, 11) is 1.62. The second kappa shape index (κ2) is 5.48.